The zero-order valence-electron chi connectivity index (χ0n) is 11.9. The number of hydrogen-bond donors (Lipinski definition) is 2. The van der Waals surface area contributed by atoms with Gasteiger partial charge in [-0.2, -0.15) is 0 Å². The van der Waals surface area contributed by atoms with Gasteiger partial charge < -0.3 is 13.8 Å². The highest BCUT2D eigenvalue weighted by atomic mass is 79.9. The molecular formula is C16H11BrFNO3S. The van der Waals surface area contributed by atoms with Gasteiger partial charge >= 0.3 is 5.97 Å². The first kappa shape index (κ1) is 15.9. The van der Waals surface area contributed by atoms with Crippen LogP contribution < -0.4 is 4.31 Å². The normalized spacial score (nSPS) is 11.0. The molecule has 23 heavy (non-hydrogen) atoms. The van der Waals surface area contributed by atoms with Crippen LogP contribution in [0.5, 0.6) is 0 Å². The standard InChI is InChI=1S/C16H11BrFNO3S/c1-19(23)12-7-13-10(6-11(12)17)14(16(20)21)15(22-13)8-2-4-9(18)5-3-8/h2-7,23H,1H3,(H,20,21). The number of carboxylic acids is 1. The molecule has 0 fully saturated rings. The molecule has 118 valence electrons. The molecule has 4 nitrogen and oxygen atoms in total. The molecule has 0 amide bonds. The SMILES string of the molecule is CN(S)c1cc2oc(-c3ccc(F)cc3)c(C(=O)O)c2cc1Br. The van der Waals surface area contributed by atoms with Crippen molar-refractivity contribution < 1.29 is 18.7 Å². The Bertz CT molecular complexity index is 906. The number of aromatic carboxylic acids is 1. The van der Waals surface area contributed by atoms with Crippen LogP contribution in [-0.2, 0) is 0 Å². The molecule has 1 aromatic heterocycles. The van der Waals surface area contributed by atoms with Crippen LogP contribution in [0.15, 0.2) is 45.3 Å². The maximum absolute atomic E-state index is 13.1. The van der Waals surface area contributed by atoms with E-state index in [-0.39, 0.29) is 11.3 Å². The molecule has 0 atom stereocenters. The molecule has 0 saturated heterocycles. The summed E-state index contributed by atoms with van der Waals surface area (Å²) in [6.45, 7) is 0. The largest absolute Gasteiger partial charge is 0.478 e. The van der Waals surface area contributed by atoms with Gasteiger partial charge in [0.15, 0.2) is 0 Å². The topological polar surface area (TPSA) is 53.7 Å². The summed E-state index contributed by atoms with van der Waals surface area (Å²) in [6.07, 6.45) is 0. The number of anilines is 1. The van der Waals surface area contributed by atoms with E-state index in [0.717, 1.165) is 5.69 Å². The fourth-order valence-corrected chi connectivity index (χ4v) is 3.28. The fraction of sp³-hybridized carbons (Fsp3) is 0.0625. The minimum atomic E-state index is -1.11. The molecule has 0 saturated carbocycles. The van der Waals surface area contributed by atoms with Gasteiger partial charge in [-0.3, -0.25) is 0 Å². The van der Waals surface area contributed by atoms with Gasteiger partial charge in [0, 0.05) is 28.5 Å². The molecule has 7 heteroatoms. The van der Waals surface area contributed by atoms with E-state index >= 15 is 0 Å². The lowest BCUT2D eigenvalue weighted by Gasteiger charge is -2.12. The van der Waals surface area contributed by atoms with Gasteiger partial charge in [0.2, 0.25) is 0 Å². The molecule has 0 spiro atoms. The Balaban J connectivity index is 2.31. The van der Waals surface area contributed by atoms with Crippen LogP contribution in [0.3, 0.4) is 0 Å². The molecule has 1 heterocycles. The molecule has 0 aliphatic carbocycles. The molecule has 2 aromatic carbocycles. The molecule has 3 aromatic rings. The van der Waals surface area contributed by atoms with Crippen molar-refractivity contribution in [3.63, 3.8) is 0 Å². The van der Waals surface area contributed by atoms with Crippen molar-refractivity contribution >= 4 is 51.4 Å². The van der Waals surface area contributed by atoms with Crippen molar-refractivity contribution in [1.29, 1.82) is 0 Å². The van der Waals surface area contributed by atoms with Crippen molar-refractivity contribution in [2.45, 2.75) is 0 Å². The Labute approximate surface area is 145 Å². The predicted molar refractivity (Wildman–Crippen MR) is 93.7 cm³/mol. The number of carboxylic acid groups (broad SMARTS) is 1. The quantitative estimate of drug-likeness (QED) is 0.614. The highest BCUT2D eigenvalue weighted by Gasteiger charge is 2.23. The minimum absolute atomic E-state index is 0.0423. The lowest BCUT2D eigenvalue weighted by Crippen LogP contribution is -2.01. The highest BCUT2D eigenvalue weighted by Crippen LogP contribution is 2.39. The number of halogens is 2. The van der Waals surface area contributed by atoms with Gasteiger partial charge in [0.25, 0.3) is 0 Å². The van der Waals surface area contributed by atoms with Crippen LogP contribution in [0.2, 0.25) is 0 Å². The Morgan fingerprint density at radius 2 is 1.96 bits per heavy atom. The first-order valence-corrected chi connectivity index (χ1v) is 7.75. The summed E-state index contributed by atoms with van der Waals surface area (Å²) in [6, 6.07) is 8.87. The molecule has 0 radical (unpaired) electrons. The summed E-state index contributed by atoms with van der Waals surface area (Å²) in [5, 5.41) is 10.0. The lowest BCUT2D eigenvalue weighted by molar-refractivity contribution is 0.0699. The van der Waals surface area contributed by atoms with Gasteiger partial charge in [-0.15, -0.1) is 0 Å². The predicted octanol–water partition coefficient (Wildman–Crippen LogP) is 4.98. The summed E-state index contributed by atoms with van der Waals surface area (Å²) in [7, 11) is 1.75. The Hall–Kier alpha value is -1.99. The zero-order chi connectivity index (χ0) is 16.7. The number of rotatable bonds is 3. The summed E-state index contributed by atoms with van der Waals surface area (Å²) in [5.74, 6) is -1.32. The zero-order valence-corrected chi connectivity index (χ0v) is 14.4. The van der Waals surface area contributed by atoms with Crippen LogP contribution >= 0.6 is 28.7 Å². The lowest BCUT2D eigenvalue weighted by atomic mass is 10.1. The maximum Gasteiger partial charge on any atom is 0.340 e. The number of benzene rings is 2. The summed E-state index contributed by atoms with van der Waals surface area (Å²) >= 11 is 7.64. The van der Waals surface area contributed by atoms with Gasteiger partial charge in [0.1, 0.15) is 22.7 Å². The first-order chi connectivity index (χ1) is 10.9. The molecular weight excluding hydrogens is 385 g/mol. The Morgan fingerprint density at radius 3 is 2.52 bits per heavy atom. The summed E-state index contributed by atoms with van der Waals surface area (Å²) in [5.41, 5.74) is 1.69. The first-order valence-electron chi connectivity index (χ1n) is 6.56. The summed E-state index contributed by atoms with van der Waals surface area (Å²) in [4.78, 5) is 11.7. The van der Waals surface area contributed by atoms with Gasteiger partial charge in [-0.25, -0.2) is 9.18 Å². The molecule has 1 N–H and O–H groups in total. The molecule has 0 unspecified atom stereocenters. The second kappa shape index (κ2) is 5.90. The smallest absolute Gasteiger partial charge is 0.340 e. The number of fused-ring (bicyclic) bond motifs is 1. The monoisotopic (exact) mass is 395 g/mol. The van der Waals surface area contributed by atoms with E-state index in [1.54, 1.807) is 23.5 Å². The second-order valence-corrected chi connectivity index (χ2v) is 6.40. The van der Waals surface area contributed by atoms with Crippen LogP contribution in [0.1, 0.15) is 10.4 Å². The molecule has 0 bridgehead atoms. The summed E-state index contributed by atoms with van der Waals surface area (Å²) < 4.78 is 21.1. The van der Waals surface area contributed by atoms with Crippen LogP contribution in [0.25, 0.3) is 22.3 Å². The maximum atomic E-state index is 13.1. The average molecular weight is 396 g/mol. The van der Waals surface area contributed by atoms with Crippen molar-refractivity contribution in [3.05, 3.63) is 52.3 Å². The van der Waals surface area contributed by atoms with Gasteiger partial charge in [-0.05, 0) is 46.3 Å². The van der Waals surface area contributed by atoms with E-state index in [1.807, 2.05) is 0 Å². The van der Waals surface area contributed by atoms with Crippen molar-refractivity contribution in [2.75, 3.05) is 11.4 Å². The molecule has 3 rings (SSSR count). The number of hydrogen-bond acceptors (Lipinski definition) is 4. The fourth-order valence-electron chi connectivity index (χ4n) is 2.37. The molecule has 0 aliphatic heterocycles. The van der Waals surface area contributed by atoms with Crippen LogP contribution in [-0.4, -0.2) is 18.1 Å². The number of furan rings is 1. The van der Waals surface area contributed by atoms with E-state index in [9.17, 15) is 14.3 Å². The third-order valence-corrected chi connectivity index (χ3v) is 4.28. The molecule has 0 aliphatic rings. The third-order valence-electron chi connectivity index (χ3n) is 3.43. The van der Waals surface area contributed by atoms with E-state index < -0.39 is 11.8 Å². The van der Waals surface area contributed by atoms with Crippen molar-refractivity contribution in [1.82, 2.24) is 0 Å². The van der Waals surface area contributed by atoms with Crippen molar-refractivity contribution in [3.8, 4) is 11.3 Å². The Kier molecular flexibility index (Phi) is 4.08. The van der Waals surface area contributed by atoms with E-state index in [1.165, 1.54) is 24.3 Å². The van der Waals surface area contributed by atoms with Gasteiger partial charge in [-0.1, -0.05) is 12.8 Å². The number of nitrogens with zero attached hydrogens (tertiary/aromatic N) is 1. The second-order valence-electron chi connectivity index (χ2n) is 4.94. The third kappa shape index (κ3) is 2.82. The van der Waals surface area contributed by atoms with Gasteiger partial charge in [0.05, 0.1) is 5.69 Å². The van der Waals surface area contributed by atoms with E-state index in [2.05, 4.69) is 28.7 Å². The van der Waals surface area contributed by atoms with Crippen molar-refractivity contribution in [2.24, 2.45) is 0 Å². The Morgan fingerprint density at radius 1 is 1.30 bits per heavy atom. The highest BCUT2D eigenvalue weighted by molar-refractivity contribution is 9.10. The minimum Gasteiger partial charge on any atom is -0.478 e. The number of carbonyl (C=O) groups is 1. The van der Waals surface area contributed by atoms with Crippen LogP contribution in [0, 0.1) is 5.82 Å². The van der Waals surface area contributed by atoms with E-state index in [4.69, 9.17) is 4.42 Å². The van der Waals surface area contributed by atoms with Crippen LogP contribution in [0.4, 0.5) is 10.1 Å². The van der Waals surface area contributed by atoms with E-state index in [0.29, 0.717) is 21.0 Å². The average Bonchev–Trinajstić information content (AvgIpc) is 2.85. The number of thiol groups is 1.